The first kappa shape index (κ1) is 15.7. The SMILES string of the molecule is Nc1nc(C2C(F)=CC=CC2F)oc1Nc1ccc(C(=O)O)cc1. The number of carboxylic acids is 1. The van der Waals surface area contributed by atoms with Crippen LogP contribution in [0.15, 0.2) is 52.7 Å². The predicted molar refractivity (Wildman–Crippen MR) is 83.6 cm³/mol. The Labute approximate surface area is 135 Å². The van der Waals surface area contributed by atoms with Gasteiger partial charge in [-0.05, 0) is 36.4 Å². The lowest BCUT2D eigenvalue weighted by Crippen LogP contribution is -2.15. The number of benzene rings is 1. The van der Waals surface area contributed by atoms with Gasteiger partial charge in [0.05, 0.1) is 5.56 Å². The van der Waals surface area contributed by atoms with Crippen molar-refractivity contribution in [2.45, 2.75) is 12.1 Å². The van der Waals surface area contributed by atoms with E-state index in [1.54, 1.807) is 0 Å². The van der Waals surface area contributed by atoms with E-state index < -0.39 is 23.9 Å². The molecule has 0 bridgehead atoms. The summed E-state index contributed by atoms with van der Waals surface area (Å²) in [6, 6.07) is 5.80. The van der Waals surface area contributed by atoms with Crippen molar-refractivity contribution < 1.29 is 23.1 Å². The zero-order valence-electron chi connectivity index (χ0n) is 12.2. The molecule has 1 aliphatic carbocycles. The first-order valence-corrected chi connectivity index (χ1v) is 7.00. The van der Waals surface area contributed by atoms with Gasteiger partial charge in [0.1, 0.15) is 17.9 Å². The third-order valence-electron chi connectivity index (χ3n) is 3.49. The van der Waals surface area contributed by atoms with Crippen molar-refractivity contribution in [2.75, 3.05) is 11.1 Å². The molecule has 124 valence electrons. The molecule has 3 rings (SSSR count). The van der Waals surface area contributed by atoms with E-state index in [2.05, 4.69) is 10.3 Å². The van der Waals surface area contributed by atoms with E-state index in [-0.39, 0.29) is 23.2 Å². The molecule has 0 saturated heterocycles. The largest absolute Gasteiger partial charge is 0.478 e. The van der Waals surface area contributed by atoms with Crippen LogP contribution < -0.4 is 11.1 Å². The molecule has 8 heteroatoms. The van der Waals surface area contributed by atoms with E-state index in [9.17, 15) is 13.6 Å². The highest BCUT2D eigenvalue weighted by molar-refractivity contribution is 5.88. The minimum absolute atomic E-state index is 0.0302. The number of nitrogens with two attached hydrogens (primary N) is 1. The van der Waals surface area contributed by atoms with Crippen LogP contribution in [-0.4, -0.2) is 22.2 Å². The minimum atomic E-state index is -1.60. The molecule has 0 aliphatic heterocycles. The summed E-state index contributed by atoms with van der Waals surface area (Å²) in [5.74, 6) is -3.23. The number of rotatable bonds is 4. The molecule has 0 radical (unpaired) electrons. The van der Waals surface area contributed by atoms with Gasteiger partial charge in [-0.15, -0.1) is 0 Å². The molecule has 0 spiro atoms. The van der Waals surface area contributed by atoms with Gasteiger partial charge in [0, 0.05) is 5.69 Å². The van der Waals surface area contributed by atoms with Gasteiger partial charge in [0.25, 0.3) is 0 Å². The number of alkyl halides is 1. The number of oxazole rings is 1. The van der Waals surface area contributed by atoms with Crippen molar-refractivity contribution in [1.82, 2.24) is 4.98 Å². The average molecular weight is 333 g/mol. The maximum atomic E-state index is 13.9. The molecule has 2 unspecified atom stereocenters. The molecule has 6 nitrogen and oxygen atoms in total. The van der Waals surface area contributed by atoms with Gasteiger partial charge >= 0.3 is 5.97 Å². The van der Waals surface area contributed by atoms with Gasteiger partial charge in [-0.25, -0.2) is 13.6 Å². The number of nitrogen functional groups attached to an aromatic ring is 1. The molecule has 2 aromatic rings. The van der Waals surface area contributed by atoms with Crippen molar-refractivity contribution in [3.05, 3.63) is 59.8 Å². The van der Waals surface area contributed by atoms with E-state index in [4.69, 9.17) is 15.3 Å². The van der Waals surface area contributed by atoms with Crippen LogP contribution in [0.1, 0.15) is 22.2 Å². The van der Waals surface area contributed by atoms with Gasteiger partial charge in [-0.2, -0.15) is 4.98 Å². The number of allylic oxidation sites excluding steroid dienone is 4. The number of carbonyl (C=O) groups is 1. The number of nitrogens with one attached hydrogen (secondary N) is 1. The Balaban J connectivity index is 1.83. The zero-order valence-corrected chi connectivity index (χ0v) is 12.2. The van der Waals surface area contributed by atoms with Crippen molar-refractivity contribution >= 4 is 23.4 Å². The molecule has 1 aliphatic rings. The van der Waals surface area contributed by atoms with Crippen LogP contribution in [0.2, 0.25) is 0 Å². The van der Waals surface area contributed by atoms with Gasteiger partial charge in [-0.3, -0.25) is 0 Å². The number of hydrogen-bond acceptors (Lipinski definition) is 5. The normalized spacial score (nSPS) is 19.8. The maximum absolute atomic E-state index is 13.9. The van der Waals surface area contributed by atoms with E-state index in [0.717, 1.165) is 6.08 Å². The zero-order chi connectivity index (χ0) is 17.3. The number of aromatic carboxylic acids is 1. The van der Waals surface area contributed by atoms with Gasteiger partial charge in [0.15, 0.2) is 5.82 Å². The number of aromatic nitrogens is 1. The predicted octanol–water partition coefficient (Wildman–Crippen LogP) is 3.54. The quantitative estimate of drug-likeness (QED) is 0.791. The Morgan fingerprint density at radius 2 is 2.04 bits per heavy atom. The number of hydrogen-bond donors (Lipinski definition) is 3. The summed E-state index contributed by atoms with van der Waals surface area (Å²) in [5, 5.41) is 11.7. The fourth-order valence-electron chi connectivity index (χ4n) is 2.27. The summed E-state index contributed by atoms with van der Waals surface area (Å²) >= 11 is 0. The molecule has 1 aromatic carbocycles. The first-order chi connectivity index (χ1) is 11.5. The minimum Gasteiger partial charge on any atom is -0.478 e. The van der Waals surface area contributed by atoms with Crippen LogP contribution in [0.3, 0.4) is 0 Å². The first-order valence-electron chi connectivity index (χ1n) is 7.00. The monoisotopic (exact) mass is 333 g/mol. The van der Waals surface area contributed by atoms with Gasteiger partial charge in [-0.1, -0.05) is 6.08 Å². The van der Waals surface area contributed by atoms with Crippen molar-refractivity contribution in [2.24, 2.45) is 0 Å². The van der Waals surface area contributed by atoms with Crippen LogP contribution in [0.5, 0.6) is 0 Å². The number of carboxylic acid groups (broad SMARTS) is 1. The van der Waals surface area contributed by atoms with Crippen LogP contribution in [0, 0.1) is 0 Å². The van der Waals surface area contributed by atoms with E-state index in [1.807, 2.05) is 0 Å². The summed E-state index contributed by atoms with van der Waals surface area (Å²) in [5.41, 5.74) is 6.33. The molecule has 1 heterocycles. The second kappa shape index (κ2) is 6.15. The Bertz CT molecular complexity index is 828. The lowest BCUT2D eigenvalue weighted by atomic mass is 9.97. The lowest BCUT2D eigenvalue weighted by molar-refractivity contribution is 0.0697. The highest BCUT2D eigenvalue weighted by Gasteiger charge is 2.32. The lowest BCUT2D eigenvalue weighted by Gasteiger charge is -2.15. The van der Waals surface area contributed by atoms with Crippen LogP contribution in [0.4, 0.5) is 26.2 Å². The van der Waals surface area contributed by atoms with E-state index >= 15 is 0 Å². The van der Waals surface area contributed by atoms with Gasteiger partial charge < -0.3 is 20.6 Å². The van der Waals surface area contributed by atoms with Gasteiger partial charge in [0.2, 0.25) is 11.8 Å². The van der Waals surface area contributed by atoms with Crippen molar-refractivity contribution in [3.63, 3.8) is 0 Å². The third-order valence-corrected chi connectivity index (χ3v) is 3.49. The molecule has 0 amide bonds. The van der Waals surface area contributed by atoms with Crippen molar-refractivity contribution in [1.29, 1.82) is 0 Å². The Morgan fingerprint density at radius 1 is 1.33 bits per heavy atom. The Hall–Kier alpha value is -3.16. The fraction of sp³-hybridized carbons (Fsp3) is 0.125. The number of halogens is 2. The van der Waals surface area contributed by atoms with E-state index in [1.165, 1.54) is 36.4 Å². The third kappa shape index (κ3) is 2.98. The molecule has 2 atom stereocenters. The average Bonchev–Trinajstić information content (AvgIpc) is 2.88. The summed E-state index contributed by atoms with van der Waals surface area (Å²) < 4.78 is 33.1. The highest BCUT2D eigenvalue weighted by Crippen LogP contribution is 2.37. The highest BCUT2D eigenvalue weighted by atomic mass is 19.1. The molecular formula is C16H13F2N3O3. The van der Waals surface area contributed by atoms with Crippen LogP contribution in [-0.2, 0) is 0 Å². The fourth-order valence-corrected chi connectivity index (χ4v) is 2.27. The topological polar surface area (TPSA) is 101 Å². The van der Waals surface area contributed by atoms with Crippen molar-refractivity contribution in [3.8, 4) is 0 Å². The standard InChI is InChI=1S/C16H13F2N3O3/c17-10-2-1-3-11(18)12(10)14-21-13(19)15(24-14)20-9-6-4-8(5-7-9)16(22)23/h1-7,10,12,20H,19H2,(H,22,23). The van der Waals surface area contributed by atoms with E-state index in [0.29, 0.717) is 5.69 Å². The second-order valence-corrected chi connectivity index (χ2v) is 5.13. The number of anilines is 3. The molecular weight excluding hydrogens is 320 g/mol. The smallest absolute Gasteiger partial charge is 0.335 e. The van der Waals surface area contributed by atoms with Crippen LogP contribution >= 0.6 is 0 Å². The van der Waals surface area contributed by atoms with Crippen LogP contribution in [0.25, 0.3) is 0 Å². The second-order valence-electron chi connectivity index (χ2n) is 5.13. The molecule has 24 heavy (non-hydrogen) atoms. The molecule has 4 N–H and O–H groups in total. The Morgan fingerprint density at radius 3 is 2.67 bits per heavy atom. The number of nitrogens with zero attached hydrogens (tertiary/aromatic N) is 1. The molecule has 0 saturated carbocycles. The molecule has 1 aromatic heterocycles. The maximum Gasteiger partial charge on any atom is 0.335 e. The summed E-state index contributed by atoms with van der Waals surface area (Å²) in [7, 11) is 0. The molecule has 0 fully saturated rings. The summed E-state index contributed by atoms with van der Waals surface area (Å²) in [4.78, 5) is 14.7. The summed E-state index contributed by atoms with van der Waals surface area (Å²) in [6.07, 6.45) is 2.02. The summed E-state index contributed by atoms with van der Waals surface area (Å²) in [6.45, 7) is 0. The Kier molecular flexibility index (Phi) is 4.03.